The van der Waals surface area contributed by atoms with Crippen LogP contribution in [0.25, 0.3) is 0 Å². The van der Waals surface area contributed by atoms with Crippen LogP contribution in [-0.4, -0.2) is 68.1 Å². The van der Waals surface area contributed by atoms with Gasteiger partial charge >= 0.3 is 0 Å². The summed E-state index contributed by atoms with van der Waals surface area (Å²) >= 11 is 0. The number of hydrogen-bond acceptors (Lipinski definition) is 6. The Kier molecular flexibility index (Phi) is 6.08. The summed E-state index contributed by atoms with van der Waals surface area (Å²) in [5.74, 6) is 0.955. The molecule has 3 aromatic rings. The number of carbonyl (C=O) groups excluding carboxylic acids is 2. The van der Waals surface area contributed by atoms with Crippen LogP contribution in [0.5, 0.6) is 11.5 Å². The van der Waals surface area contributed by atoms with E-state index in [4.69, 9.17) is 9.47 Å². The summed E-state index contributed by atoms with van der Waals surface area (Å²) < 4.78 is 10.9. The van der Waals surface area contributed by atoms with E-state index < -0.39 is 0 Å². The first-order chi connectivity index (χ1) is 18.1. The molecule has 0 aromatic heterocycles. The minimum absolute atomic E-state index is 0.181. The van der Waals surface area contributed by atoms with Gasteiger partial charge in [0.15, 0.2) is 11.5 Å². The monoisotopic (exact) mass is 497 g/mol. The fraction of sp³-hybridized carbons (Fsp3) is 0.333. The number of benzene rings is 3. The number of anilines is 1. The van der Waals surface area contributed by atoms with Gasteiger partial charge in [-0.25, -0.2) is 0 Å². The predicted octanol–water partition coefficient (Wildman–Crippen LogP) is 3.79. The molecule has 3 aliphatic rings. The third kappa shape index (κ3) is 4.13. The van der Waals surface area contributed by atoms with E-state index in [1.54, 1.807) is 20.3 Å². The molecule has 6 rings (SSSR count). The summed E-state index contributed by atoms with van der Waals surface area (Å²) in [5.41, 5.74) is 5.43. The van der Waals surface area contributed by atoms with E-state index in [2.05, 4.69) is 34.1 Å². The smallest absolute Gasteiger partial charge is 0.263 e. The van der Waals surface area contributed by atoms with Crippen molar-refractivity contribution in [2.45, 2.75) is 25.4 Å². The molecule has 2 heterocycles. The van der Waals surface area contributed by atoms with Crippen molar-refractivity contribution in [3.63, 3.8) is 0 Å². The molecule has 1 aliphatic carbocycles. The van der Waals surface area contributed by atoms with Gasteiger partial charge in [0.1, 0.15) is 0 Å². The lowest BCUT2D eigenvalue weighted by atomic mass is 10.1. The maximum Gasteiger partial charge on any atom is 0.263 e. The lowest BCUT2D eigenvalue weighted by Gasteiger charge is -2.36. The minimum atomic E-state index is -0.213. The lowest BCUT2D eigenvalue weighted by Crippen LogP contribution is -2.46. The Bertz CT molecular complexity index is 1320. The summed E-state index contributed by atoms with van der Waals surface area (Å²) in [5, 5.41) is 0. The highest BCUT2D eigenvalue weighted by Gasteiger charge is 2.44. The molecule has 0 atom stereocenters. The van der Waals surface area contributed by atoms with Crippen LogP contribution >= 0.6 is 0 Å². The van der Waals surface area contributed by atoms with Gasteiger partial charge in [0.05, 0.1) is 31.0 Å². The highest BCUT2D eigenvalue weighted by Crippen LogP contribution is 2.39. The SMILES string of the molecule is COc1cc2c(cc1OC)CC(N1C(=O)c3cccc(N4CCN(Cc5ccccc5)CC4)c3C1=O)C2. The Labute approximate surface area is 217 Å². The highest BCUT2D eigenvalue weighted by molar-refractivity contribution is 6.24. The maximum atomic E-state index is 13.8. The van der Waals surface area contributed by atoms with E-state index in [0.29, 0.717) is 35.5 Å². The third-order valence-corrected chi connectivity index (χ3v) is 7.87. The Morgan fingerprint density at radius 2 is 1.43 bits per heavy atom. The van der Waals surface area contributed by atoms with Gasteiger partial charge in [0.25, 0.3) is 11.8 Å². The molecule has 0 N–H and O–H groups in total. The number of rotatable bonds is 6. The molecule has 0 unspecified atom stereocenters. The van der Waals surface area contributed by atoms with Gasteiger partial charge in [0, 0.05) is 38.8 Å². The Balaban J connectivity index is 1.20. The maximum absolute atomic E-state index is 13.8. The zero-order chi connectivity index (χ0) is 25.5. The molecule has 2 amide bonds. The fourth-order valence-corrected chi connectivity index (χ4v) is 5.97. The fourth-order valence-electron chi connectivity index (χ4n) is 5.97. The first kappa shape index (κ1) is 23.6. The Morgan fingerprint density at radius 1 is 0.784 bits per heavy atom. The van der Waals surface area contributed by atoms with E-state index >= 15 is 0 Å². The Morgan fingerprint density at radius 3 is 2.05 bits per heavy atom. The van der Waals surface area contributed by atoms with Crippen LogP contribution in [0.1, 0.15) is 37.4 Å². The Hall–Kier alpha value is -3.84. The zero-order valence-electron chi connectivity index (χ0n) is 21.3. The zero-order valence-corrected chi connectivity index (χ0v) is 21.3. The number of fused-ring (bicyclic) bond motifs is 2. The normalized spacial score (nSPS) is 17.8. The summed E-state index contributed by atoms with van der Waals surface area (Å²) in [6, 6.07) is 19.9. The number of ether oxygens (including phenoxy) is 2. The standard InChI is InChI=1S/C30H31N3O4/c1-36-26-17-21-15-23(16-22(21)18-27(26)37-2)33-29(34)24-9-6-10-25(28(24)30(33)35)32-13-11-31(12-14-32)19-20-7-4-3-5-8-20/h3-10,17-18,23H,11-16,19H2,1-2H3. The molecular weight excluding hydrogens is 466 g/mol. The van der Waals surface area contributed by atoms with E-state index in [0.717, 1.165) is 49.5 Å². The van der Waals surface area contributed by atoms with Gasteiger partial charge in [0.2, 0.25) is 0 Å². The highest BCUT2D eigenvalue weighted by atomic mass is 16.5. The van der Waals surface area contributed by atoms with Crippen molar-refractivity contribution in [3.8, 4) is 11.5 Å². The van der Waals surface area contributed by atoms with Gasteiger partial charge < -0.3 is 14.4 Å². The number of imide groups is 1. The number of nitrogens with zero attached hydrogens (tertiary/aromatic N) is 3. The average molecular weight is 498 g/mol. The van der Waals surface area contributed by atoms with E-state index in [9.17, 15) is 9.59 Å². The van der Waals surface area contributed by atoms with E-state index in [1.807, 2.05) is 30.3 Å². The van der Waals surface area contributed by atoms with Crippen LogP contribution in [0.15, 0.2) is 60.7 Å². The van der Waals surface area contributed by atoms with Crippen molar-refractivity contribution >= 4 is 17.5 Å². The molecule has 0 bridgehead atoms. The number of methoxy groups -OCH3 is 2. The lowest BCUT2D eigenvalue weighted by molar-refractivity contribution is 0.0590. The first-order valence-corrected chi connectivity index (χ1v) is 12.8. The molecule has 1 fully saturated rings. The van der Waals surface area contributed by atoms with Crippen LogP contribution in [0.2, 0.25) is 0 Å². The van der Waals surface area contributed by atoms with Crippen LogP contribution in [0.3, 0.4) is 0 Å². The van der Waals surface area contributed by atoms with E-state index in [1.165, 1.54) is 10.5 Å². The van der Waals surface area contributed by atoms with Crippen molar-refractivity contribution in [1.82, 2.24) is 9.80 Å². The molecule has 7 nitrogen and oxygen atoms in total. The topological polar surface area (TPSA) is 62.3 Å². The molecule has 0 spiro atoms. The van der Waals surface area contributed by atoms with Crippen molar-refractivity contribution in [2.75, 3.05) is 45.3 Å². The van der Waals surface area contributed by atoms with Crippen LogP contribution in [-0.2, 0) is 19.4 Å². The summed E-state index contributed by atoms with van der Waals surface area (Å²) in [6.07, 6.45) is 1.24. The van der Waals surface area contributed by atoms with Crippen LogP contribution in [0.4, 0.5) is 5.69 Å². The molecule has 1 saturated heterocycles. The van der Waals surface area contributed by atoms with Crippen LogP contribution in [0, 0.1) is 0 Å². The second kappa shape index (κ2) is 9.56. The van der Waals surface area contributed by atoms with Gasteiger partial charge in [-0.05, 0) is 53.8 Å². The number of hydrogen-bond donors (Lipinski definition) is 0. The van der Waals surface area contributed by atoms with Crippen LogP contribution < -0.4 is 14.4 Å². The minimum Gasteiger partial charge on any atom is -0.493 e. The average Bonchev–Trinajstić information content (AvgIpc) is 3.45. The van der Waals surface area contributed by atoms with Crippen molar-refractivity contribution < 1.29 is 19.1 Å². The molecule has 37 heavy (non-hydrogen) atoms. The van der Waals surface area contributed by atoms with E-state index in [-0.39, 0.29) is 17.9 Å². The summed E-state index contributed by atoms with van der Waals surface area (Å²) in [4.78, 5) is 33.5. The van der Waals surface area contributed by atoms with Gasteiger partial charge in [-0.3, -0.25) is 19.4 Å². The second-order valence-corrected chi connectivity index (χ2v) is 9.97. The predicted molar refractivity (Wildman–Crippen MR) is 142 cm³/mol. The molecule has 7 heteroatoms. The van der Waals surface area contributed by atoms with Crippen molar-refractivity contribution in [2.24, 2.45) is 0 Å². The van der Waals surface area contributed by atoms with Crippen molar-refractivity contribution in [1.29, 1.82) is 0 Å². The molecule has 190 valence electrons. The number of piperazine rings is 1. The number of amides is 2. The molecule has 0 saturated carbocycles. The van der Waals surface area contributed by atoms with Gasteiger partial charge in [-0.15, -0.1) is 0 Å². The third-order valence-electron chi connectivity index (χ3n) is 7.87. The first-order valence-electron chi connectivity index (χ1n) is 12.8. The molecule has 0 radical (unpaired) electrons. The second-order valence-electron chi connectivity index (χ2n) is 9.97. The molecule has 3 aromatic carbocycles. The van der Waals surface area contributed by atoms with Gasteiger partial charge in [-0.1, -0.05) is 36.4 Å². The van der Waals surface area contributed by atoms with Crippen molar-refractivity contribution in [3.05, 3.63) is 88.5 Å². The summed E-state index contributed by atoms with van der Waals surface area (Å²) in [6.45, 7) is 4.38. The van der Waals surface area contributed by atoms with Gasteiger partial charge in [-0.2, -0.15) is 0 Å². The quantitative estimate of drug-likeness (QED) is 0.483. The number of carbonyl (C=O) groups is 2. The molecular formula is C30H31N3O4. The molecule has 2 aliphatic heterocycles. The summed E-state index contributed by atoms with van der Waals surface area (Å²) in [7, 11) is 3.23. The largest absolute Gasteiger partial charge is 0.493 e.